The zero-order valence-corrected chi connectivity index (χ0v) is 11.2. The summed E-state index contributed by atoms with van der Waals surface area (Å²) in [6, 6.07) is 2.12. The third-order valence-electron chi connectivity index (χ3n) is 2.54. The Bertz CT molecular complexity index is 281. The lowest BCUT2D eigenvalue weighted by Crippen LogP contribution is -2.17. The highest BCUT2D eigenvalue weighted by Crippen LogP contribution is 2.30. The third kappa shape index (κ3) is 3.71. The molecular formula is C11H18BrNS. The fourth-order valence-electron chi connectivity index (χ4n) is 1.47. The zero-order valence-electron chi connectivity index (χ0n) is 8.85. The molecule has 0 aliphatic heterocycles. The Morgan fingerprint density at radius 3 is 2.64 bits per heavy atom. The van der Waals surface area contributed by atoms with Crippen LogP contribution in [0, 0.1) is 5.41 Å². The summed E-state index contributed by atoms with van der Waals surface area (Å²) in [5.74, 6) is 0. The van der Waals surface area contributed by atoms with Crippen molar-refractivity contribution in [1.82, 2.24) is 0 Å². The van der Waals surface area contributed by atoms with Crippen LogP contribution in [0.5, 0.6) is 0 Å². The number of thiophene rings is 1. The van der Waals surface area contributed by atoms with Gasteiger partial charge in [0.1, 0.15) is 0 Å². The van der Waals surface area contributed by atoms with Crippen molar-refractivity contribution in [2.75, 3.05) is 6.54 Å². The van der Waals surface area contributed by atoms with Crippen LogP contribution in [0.4, 0.5) is 0 Å². The molecule has 0 fully saturated rings. The van der Waals surface area contributed by atoms with E-state index in [-0.39, 0.29) is 0 Å². The van der Waals surface area contributed by atoms with Gasteiger partial charge in [0.15, 0.2) is 0 Å². The van der Waals surface area contributed by atoms with E-state index in [4.69, 9.17) is 5.73 Å². The minimum atomic E-state index is 0.373. The molecule has 1 rings (SSSR count). The standard InChI is InChI=1S/C11H18BrNS/c1-11(2,6-7-13)5-3-10-9(12)4-8-14-10/h4,8H,3,5-7,13H2,1-2H3. The van der Waals surface area contributed by atoms with Gasteiger partial charge >= 0.3 is 0 Å². The van der Waals surface area contributed by atoms with Crippen molar-refractivity contribution in [3.8, 4) is 0 Å². The maximum Gasteiger partial charge on any atom is 0.0314 e. The summed E-state index contributed by atoms with van der Waals surface area (Å²) in [4.78, 5) is 1.45. The number of aryl methyl sites for hydroxylation is 1. The molecule has 0 aliphatic carbocycles. The Kier molecular flexibility index (Phi) is 4.61. The molecule has 0 atom stereocenters. The second-order valence-electron chi connectivity index (χ2n) is 4.39. The van der Waals surface area contributed by atoms with E-state index in [9.17, 15) is 0 Å². The van der Waals surface area contributed by atoms with Crippen molar-refractivity contribution in [1.29, 1.82) is 0 Å². The van der Waals surface area contributed by atoms with Gasteiger partial charge in [-0.25, -0.2) is 0 Å². The first-order valence-corrected chi connectivity index (χ1v) is 6.64. The van der Waals surface area contributed by atoms with Crippen LogP contribution in [0.1, 0.15) is 31.6 Å². The fourth-order valence-corrected chi connectivity index (χ4v) is 3.03. The van der Waals surface area contributed by atoms with Gasteiger partial charge < -0.3 is 5.73 Å². The third-order valence-corrected chi connectivity index (χ3v) is 4.53. The molecule has 1 heterocycles. The van der Waals surface area contributed by atoms with Crippen molar-refractivity contribution in [3.63, 3.8) is 0 Å². The lowest BCUT2D eigenvalue weighted by atomic mass is 9.84. The van der Waals surface area contributed by atoms with Crippen LogP contribution in [0.25, 0.3) is 0 Å². The lowest BCUT2D eigenvalue weighted by molar-refractivity contribution is 0.314. The van der Waals surface area contributed by atoms with Crippen molar-refractivity contribution in [2.45, 2.75) is 33.1 Å². The number of nitrogens with two attached hydrogens (primary N) is 1. The van der Waals surface area contributed by atoms with Crippen molar-refractivity contribution < 1.29 is 0 Å². The van der Waals surface area contributed by atoms with Crippen molar-refractivity contribution >= 4 is 27.3 Å². The Morgan fingerprint density at radius 1 is 1.43 bits per heavy atom. The van der Waals surface area contributed by atoms with Crippen molar-refractivity contribution in [3.05, 3.63) is 20.8 Å². The van der Waals surface area contributed by atoms with Gasteiger partial charge in [-0.15, -0.1) is 11.3 Å². The summed E-state index contributed by atoms with van der Waals surface area (Å²) in [6.07, 6.45) is 3.48. The van der Waals surface area contributed by atoms with E-state index in [1.54, 1.807) is 0 Å². The quantitative estimate of drug-likeness (QED) is 0.869. The smallest absolute Gasteiger partial charge is 0.0314 e. The highest BCUT2D eigenvalue weighted by Gasteiger charge is 2.17. The maximum atomic E-state index is 5.59. The Labute approximate surface area is 98.8 Å². The van der Waals surface area contributed by atoms with Crippen LogP contribution in [0.3, 0.4) is 0 Å². The van der Waals surface area contributed by atoms with E-state index < -0.39 is 0 Å². The molecule has 0 amide bonds. The van der Waals surface area contributed by atoms with E-state index in [0.29, 0.717) is 5.41 Å². The largest absolute Gasteiger partial charge is 0.330 e. The van der Waals surface area contributed by atoms with E-state index in [1.165, 1.54) is 15.8 Å². The number of hydrogen-bond donors (Lipinski definition) is 1. The minimum absolute atomic E-state index is 0.373. The van der Waals surface area contributed by atoms with Gasteiger partial charge in [-0.3, -0.25) is 0 Å². The first-order chi connectivity index (χ1) is 6.55. The average molecular weight is 276 g/mol. The molecule has 1 aromatic rings. The summed E-state index contributed by atoms with van der Waals surface area (Å²) in [5, 5.41) is 2.13. The molecule has 0 radical (unpaired) electrons. The molecule has 0 spiro atoms. The predicted molar refractivity (Wildman–Crippen MR) is 67.8 cm³/mol. The van der Waals surface area contributed by atoms with Gasteiger partial charge in [0, 0.05) is 9.35 Å². The molecule has 0 unspecified atom stereocenters. The zero-order chi connectivity index (χ0) is 10.6. The molecule has 0 bridgehead atoms. The first kappa shape index (κ1) is 12.2. The Hall–Kier alpha value is 0.140. The highest BCUT2D eigenvalue weighted by atomic mass is 79.9. The minimum Gasteiger partial charge on any atom is -0.330 e. The van der Waals surface area contributed by atoms with Gasteiger partial charge in [0.05, 0.1) is 0 Å². The molecule has 0 aromatic carbocycles. The summed E-state index contributed by atoms with van der Waals surface area (Å²) in [6.45, 7) is 5.38. The molecular weight excluding hydrogens is 258 g/mol. The molecule has 0 saturated carbocycles. The van der Waals surface area contributed by atoms with Gasteiger partial charge in [0.25, 0.3) is 0 Å². The second-order valence-corrected chi connectivity index (χ2v) is 6.25. The molecule has 0 saturated heterocycles. The van der Waals surface area contributed by atoms with E-state index >= 15 is 0 Å². The number of halogens is 1. The van der Waals surface area contributed by atoms with Gasteiger partial charge in [0.2, 0.25) is 0 Å². The van der Waals surface area contributed by atoms with Crippen LogP contribution >= 0.6 is 27.3 Å². The maximum absolute atomic E-state index is 5.59. The van der Waals surface area contributed by atoms with Gasteiger partial charge in [-0.1, -0.05) is 13.8 Å². The molecule has 80 valence electrons. The summed E-state index contributed by atoms with van der Waals surface area (Å²) >= 11 is 5.39. The summed E-state index contributed by atoms with van der Waals surface area (Å²) < 4.78 is 1.26. The Balaban J connectivity index is 2.44. The van der Waals surface area contributed by atoms with Crippen LogP contribution in [0.2, 0.25) is 0 Å². The van der Waals surface area contributed by atoms with E-state index in [2.05, 4.69) is 41.2 Å². The highest BCUT2D eigenvalue weighted by molar-refractivity contribution is 9.10. The number of hydrogen-bond acceptors (Lipinski definition) is 2. The molecule has 3 heteroatoms. The molecule has 0 aliphatic rings. The SMILES string of the molecule is CC(C)(CCN)CCc1sccc1Br. The monoisotopic (exact) mass is 275 g/mol. The Morgan fingerprint density at radius 2 is 2.14 bits per heavy atom. The topological polar surface area (TPSA) is 26.0 Å². The fraction of sp³-hybridized carbons (Fsp3) is 0.636. The van der Waals surface area contributed by atoms with Crippen LogP contribution < -0.4 is 5.73 Å². The van der Waals surface area contributed by atoms with Crippen LogP contribution in [0.15, 0.2) is 15.9 Å². The second kappa shape index (κ2) is 5.29. The van der Waals surface area contributed by atoms with Gasteiger partial charge in [-0.05, 0) is 58.6 Å². The number of rotatable bonds is 5. The van der Waals surface area contributed by atoms with E-state index in [1.807, 2.05) is 11.3 Å². The van der Waals surface area contributed by atoms with Crippen LogP contribution in [-0.2, 0) is 6.42 Å². The summed E-state index contributed by atoms with van der Waals surface area (Å²) in [7, 11) is 0. The molecule has 14 heavy (non-hydrogen) atoms. The molecule has 1 nitrogen and oxygen atoms in total. The molecule has 1 aromatic heterocycles. The summed E-state index contributed by atoms with van der Waals surface area (Å²) in [5.41, 5.74) is 5.96. The van der Waals surface area contributed by atoms with Crippen LogP contribution in [-0.4, -0.2) is 6.54 Å². The lowest BCUT2D eigenvalue weighted by Gasteiger charge is -2.23. The van der Waals surface area contributed by atoms with Crippen molar-refractivity contribution in [2.24, 2.45) is 11.1 Å². The first-order valence-electron chi connectivity index (χ1n) is 4.97. The molecule has 2 N–H and O–H groups in total. The average Bonchev–Trinajstić information content (AvgIpc) is 2.48. The van der Waals surface area contributed by atoms with Gasteiger partial charge in [-0.2, -0.15) is 0 Å². The predicted octanol–water partition coefficient (Wildman–Crippen LogP) is 3.82. The van der Waals surface area contributed by atoms with E-state index in [0.717, 1.165) is 19.4 Å². The normalized spacial score (nSPS) is 12.0.